The van der Waals surface area contributed by atoms with Crippen LogP contribution in [0.5, 0.6) is 0 Å². The highest BCUT2D eigenvalue weighted by Gasteiger charge is 2.56. The molecule has 0 aliphatic heterocycles. The van der Waals surface area contributed by atoms with Crippen LogP contribution in [0.2, 0.25) is 0 Å². The third-order valence-electron chi connectivity index (χ3n) is 8.79. The quantitative estimate of drug-likeness (QED) is 0.571. The van der Waals surface area contributed by atoms with Crippen molar-refractivity contribution in [2.24, 2.45) is 17.3 Å². The van der Waals surface area contributed by atoms with Gasteiger partial charge in [-0.2, -0.15) is 0 Å². The molecule has 1 aromatic rings. The summed E-state index contributed by atoms with van der Waals surface area (Å²) in [5, 5.41) is 11.0. The third-order valence-corrected chi connectivity index (χ3v) is 8.79. The Morgan fingerprint density at radius 3 is 2.55 bits per heavy atom. The summed E-state index contributed by atoms with van der Waals surface area (Å²) in [6.07, 6.45) is 13.2. The molecule has 0 spiro atoms. The van der Waals surface area contributed by atoms with Crippen molar-refractivity contribution < 1.29 is 9.90 Å². The minimum Gasteiger partial charge on any atom is -0.393 e. The van der Waals surface area contributed by atoms with Gasteiger partial charge in [0.25, 0.3) is 0 Å². The summed E-state index contributed by atoms with van der Waals surface area (Å²) < 4.78 is 0. The van der Waals surface area contributed by atoms with E-state index in [2.05, 4.69) is 63.4 Å². The molecule has 0 bridgehead atoms. The zero-order valence-electron chi connectivity index (χ0n) is 20.9. The minimum absolute atomic E-state index is 0.000772. The molecular formula is C30H39NO2. The van der Waals surface area contributed by atoms with Crippen LogP contribution in [0, 0.1) is 36.5 Å². The maximum atomic E-state index is 12.1. The van der Waals surface area contributed by atoms with Gasteiger partial charge in [0.05, 0.1) is 6.10 Å². The van der Waals surface area contributed by atoms with Crippen molar-refractivity contribution in [1.82, 2.24) is 0 Å². The SMILES string of the molecule is C#CC.Cc1cc(C2CC3(C)C(O)CCC3C3CCC4=CC(=O)CCC4=C23)ccc1N(C)C. The molecule has 4 aliphatic carbocycles. The highest BCUT2D eigenvalue weighted by molar-refractivity contribution is 5.93. The van der Waals surface area contributed by atoms with Crippen LogP contribution in [-0.2, 0) is 4.79 Å². The summed E-state index contributed by atoms with van der Waals surface area (Å²) in [7, 11) is 4.20. The summed E-state index contributed by atoms with van der Waals surface area (Å²) in [5.74, 6) is 4.03. The van der Waals surface area contributed by atoms with E-state index in [-0.39, 0.29) is 11.5 Å². The van der Waals surface area contributed by atoms with Crippen molar-refractivity contribution in [2.45, 2.75) is 77.7 Å². The molecular weight excluding hydrogens is 406 g/mol. The van der Waals surface area contributed by atoms with Gasteiger partial charge in [-0.25, -0.2) is 0 Å². The molecule has 5 unspecified atom stereocenters. The Hall–Kier alpha value is -2.31. The van der Waals surface area contributed by atoms with Crippen molar-refractivity contribution >= 4 is 11.5 Å². The third kappa shape index (κ3) is 4.08. The van der Waals surface area contributed by atoms with Gasteiger partial charge < -0.3 is 10.0 Å². The maximum Gasteiger partial charge on any atom is 0.156 e. The summed E-state index contributed by atoms with van der Waals surface area (Å²) in [4.78, 5) is 14.3. The van der Waals surface area contributed by atoms with E-state index in [0.29, 0.717) is 30.0 Å². The summed E-state index contributed by atoms with van der Waals surface area (Å²) >= 11 is 0. The Kier molecular flexibility index (Phi) is 6.61. The standard InChI is InChI=1S/C27H35NO2.C3H4/c1-16-13-17(6-11-24(16)28(3)4)22-15-27(2)23(10-12-25(27)30)21-8-5-18-14-19(29)7-9-20(18)26(21)22;1-3-2/h6,11,13-14,21-23,25,30H,5,7-10,12,15H2,1-4H3;1H,2H3. The van der Waals surface area contributed by atoms with E-state index in [0.717, 1.165) is 38.5 Å². The second-order valence-electron chi connectivity index (χ2n) is 10.9. The zero-order chi connectivity index (χ0) is 23.9. The minimum atomic E-state index is -0.191. The van der Waals surface area contributed by atoms with Crippen LogP contribution in [0.1, 0.15) is 75.8 Å². The van der Waals surface area contributed by atoms with Crippen LogP contribution in [0.15, 0.2) is 41.0 Å². The van der Waals surface area contributed by atoms with E-state index in [4.69, 9.17) is 0 Å². The summed E-state index contributed by atoms with van der Waals surface area (Å²) in [6, 6.07) is 6.95. The fourth-order valence-corrected chi connectivity index (χ4v) is 7.33. The molecule has 0 heterocycles. The van der Waals surface area contributed by atoms with Gasteiger partial charge in [-0.1, -0.05) is 24.6 Å². The van der Waals surface area contributed by atoms with Crippen molar-refractivity contribution in [2.75, 3.05) is 19.0 Å². The first-order chi connectivity index (χ1) is 15.7. The smallest absolute Gasteiger partial charge is 0.156 e. The van der Waals surface area contributed by atoms with Gasteiger partial charge in [-0.15, -0.1) is 12.3 Å². The summed E-state index contributed by atoms with van der Waals surface area (Å²) in [5.41, 5.74) is 8.39. The van der Waals surface area contributed by atoms with Crippen molar-refractivity contribution in [3.05, 3.63) is 52.1 Å². The van der Waals surface area contributed by atoms with Crippen LogP contribution < -0.4 is 4.90 Å². The number of fused-ring (bicyclic) bond motifs is 4. The summed E-state index contributed by atoms with van der Waals surface area (Å²) in [6.45, 7) is 6.21. The Morgan fingerprint density at radius 2 is 1.88 bits per heavy atom. The maximum absolute atomic E-state index is 12.1. The lowest BCUT2D eigenvalue weighted by atomic mass is 9.53. The number of aliphatic hydroxyl groups is 1. The van der Waals surface area contributed by atoms with E-state index in [1.807, 2.05) is 6.08 Å². The lowest BCUT2D eigenvalue weighted by Gasteiger charge is -2.52. The van der Waals surface area contributed by atoms with Crippen LogP contribution in [0.25, 0.3) is 0 Å². The lowest BCUT2D eigenvalue weighted by molar-refractivity contribution is -0.114. The number of carbonyl (C=O) groups excluding carboxylic acids is 1. The molecule has 2 saturated carbocycles. The number of hydrogen-bond donors (Lipinski definition) is 1. The predicted octanol–water partition coefficient (Wildman–Crippen LogP) is 5.96. The van der Waals surface area contributed by atoms with Gasteiger partial charge >= 0.3 is 0 Å². The highest BCUT2D eigenvalue weighted by Crippen LogP contribution is 2.63. The molecule has 176 valence electrons. The first-order valence-electron chi connectivity index (χ1n) is 12.5. The Balaban J connectivity index is 0.000000821. The van der Waals surface area contributed by atoms with E-state index >= 15 is 0 Å². The van der Waals surface area contributed by atoms with Gasteiger partial charge in [-0.05, 0) is 104 Å². The van der Waals surface area contributed by atoms with Crippen LogP contribution in [0.3, 0.4) is 0 Å². The fraction of sp³-hybridized carbons (Fsp3) is 0.567. The largest absolute Gasteiger partial charge is 0.393 e. The Labute approximate surface area is 200 Å². The number of allylic oxidation sites excluding steroid dienone is 4. The number of carbonyl (C=O) groups is 1. The number of terminal acetylenes is 1. The molecule has 3 nitrogen and oxygen atoms in total. The molecule has 0 saturated heterocycles. The number of rotatable bonds is 2. The number of benzene rings is 1. The fourth-order valence-electron chi connectivity index (χ4n) is 7.33. The van der Waals surface area contributed by atoms with Crippen LogP contribution in [-0.4, -0.2) is 31.1 Å². The molecule has 0 radical (unpaired) electrons. The molecule has 5 atom stereocenters. The Morgan fingerprint density at radius 1 is 1.15 bits per heavy atom. The molecule has 3 heteroatoms. The van der Waals surface area contributed by atoms with E-state index in [9.17, 15) is 9.90 Å². The number of anilines is 1. The van der Waals surface area contributed by atoms with Gasteiger partial charge in [0.2, 0.25) is 0 Å². The first-order valence-corrected chi connectivity index (χ1v) is 12.5. The first kappa shape index (κ1) is 23.8. The van der Waals surface area contributed by atoms with Crippen molar-refractivity contribution in [3.8, 4) is 12.3 Å². The predicted molar refractivity (Wildman–Crippen MR) is 136 cm³/mol. The highest BCUT2D eigenvalue weighted by atomic mass is 16.3. The van der Waals surface area contributed by atoms with Gasteiger partial charge in [0.15, 0.2) is 5.78 Å². The average molecular weight is 446 g/mol. The van der Waals surface area contributed by atoms with E-state index in [1.54, 1.807) is 12.5 Å². The molecule has 1 aromatic carbocycles. The number of nitrogens with zero attached hydrogens (tertiary/aromatic N) is 1. The zero-order valence-corrected chi connectivity index (χ0v) is 20.9. The van der Waals surface area contributed by atoms with Gasteiger partial charge in [0.1, 0.15) is 0 Å². The molecule has 33 heavy (non-hydrogen) atoms. The van der Waals surface area contributed by atoms with Crippen LogP contribution >= 0.6 is 0 Å². The lowest BCUT2D eigenvalue weighted by Crippen LogP contribution is -2.45. The normalized spacial score (nSPS) is 32.5. The van der Waals surface area contributed by atoms with Crippen molar-refractivity contribution in [1.29, 1.82) is 0 Å². The monoisotopic (exact) mass is 445 g/mol. The van der Waals surface area contributed by atoms with E-state index < -0.39 is 0 Å². The second-order valence-corrected chi connectivity index (χ2v) is 10.9. The average Bonchev–Trinajstić information content (AvgIpc) is 3.07. The van der Waals surface area contributed by atoms with E-state index in [1.165, 1.54) is 28.0 Å². The van der Waals surface area contributed by atoms with Crippen molar-refractivity contribution in [3.63, 3.8) is 0 Å². The molecule has 5 rings (SSSR count). The molecule has 1 N–H and O–H groups in total. The van der Waals surface area contributed by atoms with Gasteiger partial charge in [0, 0.05) is 32.1 Å². The second kappa shape index (κ2) is 9.15. The molecule has 2 fully saturated rings. The van der Waals surface area contributed by atoms with Gasteiger partial charge in [-0.3, -0.25) is 4.79 Å². The number of hydrogen-bond acceptors (Lipinski definition) is 3. The number of aryl methyl sites for hydroxylation is 1. The Bertz CT molecular complexity index is 1040. The molecule has 0 aromatic heterocycles. The molecule has 4 aliphatic rings. The topological polar surface area (TPSA) is 40.5 Å². The van der Waals surface area contributed by atoms with Crippen LogP contribution in [0.4, 0.5) is 5.69 Å². The molecule has 0 amide bonds. The number of aliphatic hydroxyl groups excluding tert-OH is 1. The number of ketones is 1.